The lowest BCUT2D eigenvalue weighted by Gasteiger charge is -2.03. The van der Waals surface area contributed by atoms with E-state index in [9.17, 15) is 23.8 Å². The molecule has 0 atom stereocenters. The Hall–Kier alpha value is -5.73. The Morgan fingerprint density at radius 1 is 0.800 bits per heavy atom. The number of aromatic nitrogens is 8. The van der Waals surface area contributed by atoms with E-state index in [1.165, 1.54) is 29.1 Å². The molecule has 0 amide bonds. The number of anilines is 2. The van der Waals surface area contributed by atoms with Gasteiger partial charge in [0.1, 0.15) is 11.4 Å². The number of halogens is 2. The molecule has 6 N–H and O–H groups in total. The van der Waals surface area contributed by atoms with Crippen LogP contribution in [0, 0.1) is 11.6 Å². The Balaban J connectivity index is 0.000000162. The summed E-state index contributed by atoms with van der Waals surface area (Å²) in [6, 6.07) is 6.53. The zero-order valence-electron chi connectivity index (χ0n) is 20.9. The van der Waals surface area contributed by atoms with E-state index in [0.717, 1.165) is 6.07 Å². The topological polar surface area (TPSA) is 197 Å². The fourth-order valence-electron chi connectivity index (χ4n) is 4.03. The van der Waals surface area contributed by atoms with Crippen molar-refractivity contribution < 1.29 is 23.8 Å². The van der Waals surface area contributed by atoms with Crippen molar-refractivity contribution in [3.05, 3.63) is 59.9 Å². The SMILES string of the molecule is Cn1nc(-c2cc(F)c(O)c(C=O)c2)c2cnc(N)nc21.Cn1nc(-c2ccc(O)c(F)c2)c2cnc(N)nc21. The van der Waals surface area contributed by atoms with Crippen molar-refractivity contribution in [1.82, 2.24) is 39.5 Å². The van der Waals surface area contributed by atoms with Crippen LogP contribution in [0.25, 0.3) is 44.6 Å². The molecule has 202 valence electrons. The van der Waals surface area contributed by atoms with Crippen molar-refractivity contribution in [1.29, 1.82) is 0 Å². The molecule has 4 heterocycles. The van der Waals surface area contributed by atoms with E-state index in [1.807, 2.05) is 0 Å². The number of nitrogen functional groups attached to an aromatic ring is 2. The molecule has 0 radical (unpaired) electrons. The molecule has 0 aliphatic rings. The Kier molecular flexibility index (Phi) is 6.39. The lowest BCUT2D eigenvalue weighted by Crippen LogP contribution is -1.97. The molecule has 13 nitrogen and oxygen atoms in total. The third kappa shape index (κ3) is 4.55. The molecule has 2 aromatic carbocycles. The molecular formula is C25H20F2N10O3. The van der Waals surface area contributed by atoms with Gasteiger partial charge in [-0.25, -0.2) is 28.1 Å². The quantitative estimate of drug-likeness (QED) is 0.238. The van der Waals surface area contributed by atoms with Gasteiger partial charge in [0.25, 0.3) is 0 Å². The van der Waals surface area contributed by atoms with E-state index < -0.39 is 23.1 Å². The number of hydrogen-bond acceptors (Lipinski definition) is 11. The summed E-state index contributed by atoms with van der Waals surface area (Å²) in [4.78, 5) is 26.8. The van der Waals surface area contributed by atoms with E-state index in [2.05, 4.69) is 30.1 Å². The van der Waals surface area contributed by atoms with E-state index >= 15 is 0 Å². The van der Waals surface area contributed by atoms with Crippen molar-refractivity contribution in [3.8, 4) is 34.0 Å². The Bertz CT molecular complexity index is 1940. The third-order valence-electron chi connectivity index (χ3n) is 5.91. The Labute approximate surface area is 223 Å². The third-order valence-corrected chi connectivity index (χ3v) is 5.91. The number of aldehydes is 1. The van der Waals surface area contributed by atoms with E-state index in [1.54, 1.807) is 31.0 Å². The number of fused-ring (bicyclic) bond motifs is 2. The van der Waals surface area contributed by atoms with Crippen LogP contribution in [0.3, 0.4) is 0 Å². The summed E-state index contributed by atoms with van der Waals surface area (Å²) in [5.74, 6) is -2.43. The summed E-state index contributed by atoms with van der Waals surface area (Å²) in [5, 5.41) is 28.4. The van der Waals surface area contributed by atoms with Crippen molar-refractivity contribution in [2.75, 3.05) is 11.5 Å². The minimum Gasteiger partial charge on any atom is -0.505 e. The number of hydrogen-bond donors (Lipinski definition) is 4. The van der Waals surface area contributed by atoms with Crippen LogP contribution in [0.4, 0.5) is 20.7 Å². The fourth-order valence-corrected chi connectivity index (χ4v) is 4.03. The first-order valence-electron chi connectivity index (χ1n) is 11.4. The number of rotatable bonds is 3. The van der Waals surface area contributed by atoms with E-state index in [-0.39, 0.29) is 17.5 Å². The molecule has 0 fully saturated rings. The zero-order valence-corrected chi connectivity index (χ0v) is 20.9. The van der Waals surface area contributed by atoms with Crippen LogP contribution in [-0.2, 0) is 14.1 Å². The van der Waals surface area contributed by atoms with Crippen LogP contribution in [0.1, 0.15) is 10.4 Å². The smallest absolute Gasteiger partial charge is 0.222 e. The molecule has 0 saturated carbocycles. The largest absolute Gasteiger partial charge is 0.505 e. The summed E-state index contributed by atoms with van der Waals surface area (Å²) in [5.41, 5.74) is 13.8. The van der Waals surface area contributed by atoms with Gasteiger partial charge in [0, 0.05) is 37.6 Å². The van der Waals surface area contributed by atoms with Crippen molar-refractivity contribution in [2.24, 2.45) is 14.1 Å². The van der Waals surface area contributed by atoms with Crippen LogP contribution >= 0.6 is 0 Å². The fraction of sp³-hybridized carbons (Fsp3) is 0.0800. The molecule has 0 spiro atoms. The number of phenols is 2. The number of phenolic OH excluding ortho intramolecular Hbond substituents is 2. The maximum Gasteiger partial charge on any atom is 0.222 e. The molecule has 0 unspecified atom stereocenters. The van der Waals surface area contributed by atoms with Crippen LogP contribution < -0.4 is 11.5 Å². The van der Waals surface area contributed by atoms with Gasteiger partial charge in [-0.2, -0.15) is 20.2 Å². The normalized spacial score (nSPS) is 11.0. The second-order valence-electron chi connectivity index (χ2n) is 8.56. The Morgan fingerprint density at radius 3 is 1.85 bits per heavy atom. The highest BCUT2D eigenvalue weighted by molar-refractivity contribution is 5.93. The highest BCUT2D eigenvalue weighted by Crippen LogP contribution is 2.32. The maximum atomic E-state index is 13.7. The first-order chi connectivity index (χ1) is 19.1. The molecule has 0 aliphatic carbocycles. The Morgan fingerprint density at radius 2 is 1.32 bits per heavy atom. The first-order valence-corrected chi connectivity index (χ1v) is 11.4. The molecule has 0 bridgehead atoms. The maximum absolute atomic E-state index is 13.7. The number of carbonyl (C=O) groups excluding carboxylic acids is 1. The van der Waals surface area contributed by atoms with E-state index in [0.29, 0.717) is 50.9 Å². The minimum atomic E-state index is -0.898. The summed E-state index contributed by atoms with van der Waals surface area (Å²) in [6.07, 6.45) is 3.40. The molecule has 6 rings (SSSR count). The molecule has 6 aromatic rings. The predicted molar refractivity (Wildman–Crippen MR) is 141 cm³/mol. The standard InChI is InChI=1S/C13H10FN5O2.C12H10FN5O/c1-19-12-8(4-16-13(15)17-12)10(18-19)6-2-7(5-20)11(21)9(14)3-6;1-18-11-7(5-15-12(14)16-11)10(17-18)6-2-3-9(19)8(13)4-6/h2-5,21H,1H3,(H2,15,16,17);2-5,19H,1H3,(H2,14,15,16). The number of aryl methyl sites for hydroxylation is 2. The van der Waals surface area contributed by atoms with Crippen molar-refractivity contribution in [2.45, 2.75) is 0 Å². The molecule has 15 heteroatoms. The number of carbonyl (C=O) groups is 1. The molecule has 0 saturated heterocycles. The van der Waals surface area contributed by atoms with E-state index in [4.69, 9.17) is 11.5 Å². The number of benzene rings is 2. The zero-order chi connectivity index (χ0) is 28.7. The molecule has 4 aromatic heterocycles. The monoisotopic (exact) mass is 546 g/mol. The van der Waals surface area contributed by atoms with Crippen molar-refractivity contribution >= 4 is 40.2 Å². The van der Waals surface area contributed by atoms with Gasteiger partial charge in [-0.05, 0) is 30.3 Å². The summed E-state index contributed by atoms with van der Waals surface area (Å²) < 4.78 is 30.1. The summed E-state index contributed by atoms with van der Waals surface area (Å²) in [6.45, 7) is 0. The number of nitrogens with zero attached hydrogens (tertiary/aromatic N) is 8. The van der Waals surface area contributed by atoms with Gasteiger partial charge in [0.05, 0.1) is 16.3 Å². The van der Waals surface area contributed by atoms with Crippen LogP contribution in [0.15, 0.2) is 42.7 Å². The van der Waals surface area contributed by atoms with Crippen LogP contribution in [-0.4, -0.2) is 56.0 Å². The average Bonchev–Trinajstić information content (AvgIpc) is 3.43. The highest BCUT2D eigenvalue weighted by atomic mass is 19.1. The summed E-state index contributed by atoms with van der Waals surface area (Å²) in [7, 11) is 3.38. The lowest BCUT2D eigenvalue weighted by atomic mass is 10.1. The van der Waals surface area contributed by atoms with Crippen molar-refractivity contribution in [3.63, 3.8) is 0 Å². The first kappa shape index (κ1) is 25.9. The van der Waals surface area contributed by atoms with Gasteiger partial charge in [-0.15, -0.1) is 0 Å². The lowest BCUT2D eigenvalue weighted by molar-refractivity contribution is 0.112. The van der Waals surface area contributed by atoms with Gasteiger partial charge < -0.3 is 21.7 Å². The number of aromatic hydroxyl groups is 2. The van der Waals surface area contributed by atoms with Gasteiger partial charge in [0.15, 0.2) is 40.7 Å². The highest BCUT2D eigenvalue weighted by Gasteiger charge is 2.17. The van der Waals surface area contributed by atoms with Gasteiger partial charge in [-0.1, -0.05) is 0 Å². The molecule has 40 heavy (non-hydrogen) atoms. The van der Waals surface area contributed by atoms with Crippen LogP contribution in [0.5, 0.6) is 11.5 Å². The minimum absolute atomic E-state index is 0.0996. The van der Waals surface area contributed by atoms with Crippen LogP contribution in [0.2, 0.25) is 0 Å². The summed E-state index contributed by atoms with van der Waals surface area (Å²) >= 11 is 0. The van der Waals surface area contributed by atoms with Gasteiger partial charge >= 0.3 is 0 Å². The van der Waals surface area contributed by atoms with Gasteiger partial charge in [-0.3, -0.25) is 4.79 Å². The van der Waals surface area contributed by atoms with Gasteiger partial charge in [0.2, 0.25) is 11.9 Å². The molecule has 0 aliphatic heterocycles. The second kappa shape index (κ2) is 9.86. The average molecular weight is 546 g/mol. The molecular weight excluding hydrogens is 526 g/mol. The predicted octanol–water partition coefficient (Wildman–Crippen LogP) is 2.73. The second-order valence-corrected chi connectivity index (χ2v) is 8.56. The number of nitrogens with two attached hydrogens (primary N) is 2.